The van der Waals surface area contributed by atoms with Crippen LogP contribution >= 0.6 is 11.6 Å². The molecular weight excluding hydrogens is 284 g/mol. The molecule has 2 unspecified atom stereocenters. The van der Waals surface area contributed by atoms with E-state index in [-0.39, 0.29) is 18.1 Å². The molecule has 2 aliphatic rings. The number of nitrogens with one attached hydrogen (secondary N) is 1. The summed E-state index contributed by atoms with van der Waals surface area (Å²) in [6.45, 7) is 4.32. The molecule has 3 nitrogen and oxygen atoms in total. The highest BCUT2D eigenvalue weighted by Crippen LogP contribution is 2.36. The average molecular weight is 307 g/mol. The normalized spacial score (nSPS) is 26.5. The number of amides is 1. The van der Waals surface area contributed by atoms with Crippen molar-refractivity contribution in [3.8, 4) is 0 Å². The fourth-order valence-corrected chi connectivity index (χ4v) is 3.48. The number of rotatable bonds is 4. The lowest BCUT2D eigenvalue weighted by Crippen LogP contribution is -2.44. The van der Waals surface area contributed by atoms with Gasteiger partial charge in [-0.15, -0.1) is 0 Å². The maximum absolute atomic E-state index is 12.8. The fourth-order valence-electron chi connectivity index (χ4n) is 3.28. The van der Waals surface area contributed by atoms with Crippen LogP contribution in [0.1, 0.15) is 51.3 Å². The molecule has 2 fully saturated rings. The van der Waals surface area contributed by atoms with Crippen LogP contribution in [-0.4, -0.2) is 22.9 Å². The molecule has 114 valence electrons. The van der Waals surface area contributed by atoms with E-state index in [2.05, 4.69) is 30.1 Å². The third kappa shape index (κ3) is 2.95. The van der Waals surface area contributed by atoms with Gasteiger partial charge in [0.05, 0.1) is 6.04 Å². The van der Waals surface area contributed by atoms with E-state index in [0.29, 0.717) is 12.0 Å². The van der Waals surface area contributed by atoms with Crippen molar-refractivity contribution in [2.75, 3.05) is 0 Å². The Kier molecular flexibility index (Phi) is 4.23. The predicted molar refractivity (Wildman–Crippen MR) is 85.1 cm³/mol. The molecule has 1 aliphatic heterocycles. The Morgan fingerprint density at radius 2 is 2.14 bits per heavy atom. The molecule has 0 spiro atoms. The van der Waals surface area contributed by atoms with Crippen molar-refractivity contribution in [2.24, 2.45) is 5.92 Å². The van der Waals surface area contributed by atoms with Gasteiger partial charge in [-0.2, -0.15) is 0 Å². The van der Waals surface area contributed by atoms with E-state index in [0.717, 1.165) is 29.8 Å². The monoisotopic (exact) mass is 306 g/mol. The van der Waals surface area contributed by atoms with Gasteiger partial charge in [-0.05, 0) is 49.3 Å². The summed E-state index contributed by atoms with van der Waals surface area (Å²) in [6, 6.07) is 8.19. The molecule has 21 heavy (non-hydrogen) atoms. The van der Waals surface area contributed by atoms with Gasteiger partial charge in [0.25, 0.3) is 0 Å². The zero-order chi connectivity index (χ0) is 15.0. The highest BCUT2D eigenvalue weighted by Gasteiger charge is 2.44. The van der Waals surface area contributed by atoms with Crippen LogP contribution in [0.4, 0.5) is 0 Å². The molecule has 2 atom stereocenters. The molecular formula is C17H23ClN2O. The van der Waals surface area contributed by atoms with Crippen molar-refractivity contribution in [3.63, 3.8) is 0 Å². The van der Waals surface area contributed by atoms with Crippen LogP contribution in [-0.2, 0) is 4.79 Å². The maximum atomic E-state index is 12.8. The quantitative estimate of drug-likeness (QED) is 0.919. The average Bonchev–Trinajstić information content (AvgIpc) is 2.66. The Balaban J connectivity index is 1.87. The largest absolute Gasteiger partial charge is 0.319 e. The number of hydrogen-bond acceptors (Lipinski definition) is 2. The van der Waals surface area contributed by atoms with Gasteiger partial charge in [0.1, 0.15) is 6.17 Å². The van der Waals surface area contributed by atoms with Gasteiger partial charge < -0.3 is 4.90 Å². The van der Waals surface area contributed by atoms with Crippen molar-refractivity contribution in [1.82, 2.24) is 10.2 Å². The second-order valence-electron chi connectivity index (χ2n) is 6.64. The van der Waals surface area contributed by atoms with E-state index in [1.807, 2.05) is 18.2 Å². The summed E-state index contributed by atoms with van der Waals surface area (Å²) in [4.78, 5) is 14.8. The van der Waals surface area contributed by atoms with Crippen LogP contribution in [0.2, 0.25) is 5.02 Å². The van der Waals surface area contributed by atoms with Crippen LogP contribution in [0.15, 0.2) is 24.3 Å². The van der Waals surface area contributed by atoms with E-state index in [1.165, 1.54) is 6.42 Å². The molecule has 1 saturated heterocycles. The third-order valence-corrected chi connectivity index (χ3v) is 4.76. The van der Waals surface area contributed by atoms with E-state index < -0.39 is 0 Å². The van der Waals surface area contributed by atoms with Crippen LogP contribution in [0.25, 0.3) is 0 Å². The van der Waals surface area contributed by atoms with Crippen molar-refractivity contribution in [3.05, 3.63) is 34.9 Å². The minimum Gasteiger partial charge on any atom is -0.319 e. The molecule has 1 heterocycles. The molecule has 4 heteroatoms. The van der Waals surface area contributed by atoms with Gasteiger partial charge in [0, 0.05) is 11.1 Å². The number of halogens is 1. The maximum Gasteiger partial charge on any atom is 0.241 e. The lowest BCUT2D eigenvalue weighted by molar-refractivity contribution is -0.134. The molecule has 1 amide bonds. The Hall–Kier alpha value is -1.06. The molecule has 1 aromatic rings. The molecule has 1 aromatic carbocycles. The van der Waals surface area contributed by atoms with Crippen LogP contribution in [0.5, 0.6) is 0 Å². The lowest BCUT2D eigenvalue weighted by Gasteiger charge is -2.38. The smallest absolute Gasteiger partial charge is 0.241 e. The van der Waals surface area contributed by atoms with E-state index in [9.17, 15) is 4.79 Å². The van der Waals surface area contributed by atoms with Crippen molar-refractivity contribution in [1.29, 1.82) is 0 Å². The summed E-state index contributed by atoms with van der Waals surface area (Å²) in [5, 5.41) is 4.26. The minimum atomic E-state index is -0.0606. The summed E-state index contributed by atoms with van der Waals surface area (Å²) in [7, 11) is 0. The Bertz CT molecular complexity index is 527. The van der Waals surface area contributed by atoms with Crippen LogP contribution in [0, 0.1) is 5.92 Å². The molecule has 1 N–H and O–H groups in total. The number of hydrogen-bond donors (Lipinski definition) is 1. The number of carbonyl (C=O) groups excluding carboxylic acids is 1. The second kappa shape index (κ2) is 5.98. The number of benzene rings is 1. The minimum absolute atomic E-state index is 0.0229. The first-order chi connectivity index (χ1) is 10.1. The van der Waals surface area contributed by atoms with E-state index >= 15 is 0 Å². The molecule has 0 radical (unpaired) electrons. The van der Waals surface area contributed by atoms with Crippen LogP contribution < -0.4 is 5.32 Å². The first-order valence-electron chi connectivity index (χ1n) is 7.90. The Morgan fingerprint density at radius 1 is 1.38 bits per heavy atom. The summed E-state index contributed by atoms with van der Waals surface area (Å²) in [5.41, 5.74) is 1.09. The van der Waals surface area contributed by atoms with Gasteiger partial charge in [-0.1, -0.05) is 37.6 Å². The molecule has 1 saturated carbocycles. The zero-order valence-corrected chi connectivity index (χ0v) is 13.4. The Labute approximate surface area is 131 Å². The van der Waals surface area contributed by atoms with Crippen LogP contribution in [0.3, 0.4) is 0 Å². The van der Waals surface area contributed by atoms with Crippen molar-refractivity contribution in [2.45, 2.75) is 57.8 Å². The van der Waals surface area contributed by atoms with E-state index in [4.69, 9.17) is 11.6 Å². The topological polar surface area (TPSA) is 32.3 Å². The lowest BCUT2D eigenvalue weighted by atomic mass is 9.90. The van der Waals surface area contributed by atoms with Crippen molar-refractivity contribution < 1.29 is 4.79 Å². The van der Waals surface area contributed by atoms with Gasteiger partial charge >= 0.3 is 0 Å². The summed E-state index contributed by atoms with van der Waals surface area (Å²) >= 11 is 6.12. The number of carbonyl (C=O) groups is 1. The van der Waals surface area contributed by atoms with E-state index in [1.54, 1.807) is 0 Å². The van der Waals surface area contributed by atoms with Crippen molar-refractivity contribution >= 4 is 17.5 Å². The van der Waals surface area contributed by atoms with Gasteiger partial charge in [0.2, 0.25) is 5.91 Å². The molecule has 0 aromatic heterocycles. The first-order valence-corrected chi connectivity index (χ1v) is 8.27. The third-order valence-electron chi connectivity index (χ3n) is 4.53. The zero-order valence-electron chi connectivity index (χ0n) is 12.7. The summed E-state index contributed by atoms with van der Waals surface area (Å²) in [6.07, 6.45) is 4.34. The first kappa shape index (κ1) is 14.9. The van der Waals surface area contributed by atoms with Gasteiger partial charge in [-0.3, -0.25) is 10.1 Å². The fraction of sp³-hybridized carbons (Fsp3) is 0.588. The summed E-state index contributed by atoms with van der Waals surface area (Å²) < 4.78 is 0. The standard InChI is InChI=1S/C17H23ClN2O/c1-11(2)9-15-17(21)20(14-7-4-8-14)16(19-15)12-5-3-6-13(18)10-12/h3,5-6,10-11,14-16,19H,4,7-9H2,1-2H3. The molecule has 1 aliphatic carbocycles. The number of nitrogens with zero attached hydrogens (tertiary/aromatic N) is 1. The predicted octanol–water partition coefficient (Wildman–Crippen LogP) is 3.74. The highest BCUT2D eigenvalue weighted by molar-refractivity contribution is 6.30. The highest BCUT2D eigenvalue weighted by atomic mass is 35.5. The van der Waals surface area contributed by atoms with Gasteiger partial charge in [0.15, 0.2) is 0 Å². The van der Waals surface area contributed by atoms with Gasteiger partial charge in [-0.25, -0.2) is 0 Å². The summed E-state index contributed by atoms with van der Waals surface area (Å²) in [5.74, 6) is 0.770. The SMILES string of the molecule is CC(C)CC1NC(c2cccc(Cl)c2)N(C2CCC2)C1=O. The Morgan fingerprint density at radius 3 is 2.71 bits per heavy atom. The second-order valence-corrected chi connectivity index (χ2v) is 7.07. The molecule has 0 bridgehead atoms. The molecule has 3 rings (SSSR count).